The van der Waals surface area contributed by atoms with Crippen molar-refractivity contribution < 1.29 is 14.1 Å². The molecule has 1 saturated heterocycles. The molecule has 2 aromatic carbocycles. The minimum Gasteiger partial charge on any atom is -0.497 e. The zero-order valence-corrected chi connectivity index (χ0v) is 19.2. The molecule has 0 spiro atoms. The number of methoxy groups -OCH3 is 1. The molecule has 33 heavy (non-hydrogen) atoms. The van der Waals surface area contributed by atoms with Crippen molar-refractivity contribution in [1.29, 1.82) is 0 Å². The van der Waals surface area contributed by atoms with E-state index in [0.717, 1.165) is 37.5 Å². The van der Waals surface area contributed by atoms with Crippen LogP contribution in [0.15, 0.2) is 59.1 Å². The van der Waals surface area contributed by atoms with E-state index < -0.39 is 0 Å². The maximum absolute atomic E-state index is 12.3. The van der Waals surface area contributed by atoms with Gasteiger partial charge in [0, 0.05) is 38.0 Å². The third-order valence-electron chi connectivity index (χ3n) is 6.05. The first kappa shape index (κ1) is 23.0. The fourth-order valence-electron chi connectivity index (χ4n) is 4.26. The van der Waals surface area contributed by atoms with Crippen LogP contribution in [0.25, 0.3) is 11.4 Å². The van der Waals surface area contributed by atoms with Crippen molar-refractivity contribution in [3.8, 4) is 17.1 Å². The molecule has 3 aromatic rings. The van der Waals surface area contributed by atoms with Crippen molar-refractivity contribution in [2.75, 3.05) is 26.7 Å². The van der Waals surface area contributed by atoms with Gasteiger partial charge in [0.15, 0.2) is 0 Å². The van der Waals surface area contributed by atoms with Gasteiger partial charge in [-0.15, -0.1) is 0 Å². The summed E-state index contributed by atoms with van der Waals surface area (Å²) >= 11 is 0. The predicted molar refractivity (Wildman–Crippen MR) is 127 cm³/mol. The SMILES string of the molecule is COc1ccc(-c2noc(CCCC(=O)NCC3CCCN(Cc4ccccc4)C3)n2)cc1. The maximum Gasteiger partial charge on any atom is 0.226 e. The third kappa shape index (κ3) is 6.89. The van der Waals surface area contributed by atoms with Crippen LogP contribution in [0.3, 0.4) is 0 Å². The van der Waals surface area contributed by atoms with E-state index in [1.165, 1.54) is 18.4 Å². The summed E-state index contributed by atoms with van der Waals surface area (Å²) in [5.41, 5.74) is 2.22. The molecule has 174 valence electrons. The molecular formula is C26H32N4O3. The van der Waals surface area contributed by atoms with E-state index in [2.05, 4.69) is 50.7 Å². The Balaban J connectivity index is 1.15. The number of ether oxygens (including phenoxy) is 1. The number of benzene rings is 2. The number of carbonyl (C=O) groups is 1. The zero-order chi connectivity index (χ0) is 22.9. The molecule has 0 bridgehead atoms. The summed E-state index contributed by atoms with van der Waals surface area (Å²) in [6, 6.07) is 18.1. The monoisotopic (exact) mass is 448 g/mol. The Morgan fingerprint density at radius 3 is 2.79 bits per heavy atom. The lowest BCUT2D eigenvalue weighted by Gasteiger charge is -2.32. The predicted octanol–water partition coefficient (Wildman–Crippen LogP) is 4.10. The maximum atomic E-state index is 12.3. The van der Waals surface area contributed by atoms with Gasteiger partial charge in [0.1, 0.15) is 5.75 Å². The first-order valence-electron chi connectivity index (χ1n) is 11.7. The van der Waals surface area contributed by atoms with Crippen LogP contribution in [-0.2, 0) is 17.8 Å². The molecule has 1 fully saturated rings. The lowest BCUT2D eigenvalue weighted by Crippen LogP contribution is -2.40. The van der Waals surface area contributed by atoms with E-state index in [1.807, 2.05) is 24.3 Å². The summed E-state index contributed by atoms with van der Waals surface area (Å²) in [4.78, 5) is 19.3. The second-order valence-electron chi connectivity index (χ2n) is 8.63. The van der Waals surface area contributed by atoms with E-state index in [1.54, 1.807) is 7.11 Å². The molecule has 1 aliphatic rings. The van der Waals surface area contributed by atoms with Crippen molar-refractivity contribution in [1.82, 2.24) is 20.4 Å². The van der Waals surface area contributed by atoms with Gasteiger partial charge in [-0.1, -0.05) is 35.5 Å². The molecule has 7 nitrogen and oxygen atoms in total. The number of amides is 1. The minimum absolute atomic E-state index is 0.0880. The van der Waals surface area contributed by atoms with E-state index in [-0.39, 0.29) is 5.91 Å². The Bertz CT molecular complexity index is 1000. The number of aromatic nitrogens is 2. The third-order valence-corrected chi connectivity index (χ3v) is 6.05. The van der Waals surface area contributed by atoms with Gasteiger partial charge in [0.2, 0.25) is 17.6 Å². The topological polar surface area (TPSA) is 80.5 Å². The molecular weight excluding hydrogens is 416 g/mol. The highest BCUT2D eigenvalue weighted by molar-refractivity contribution is 5.75. The summed E-state index contributed by atoms with van der Waals surface area (Å²) < 4.78 is 10.5. The average Bonchev–Trinajstić information content (AvgIpc) is 3.33. The van der Waals surface area contributed by atoms with Gasteiger partial charge >= 0.3 is 0 Å². The number of likely N-dealkylation sites (tertiary alicyclic amines) is 1. The number of hydrogen-bond donors (Lipinski definition) is 1. The van der Waals surface area contributed by atoms with Crippen LogP contribution >= 0.6 is 0 Å². The Kier molecular flexibility index (Phi) is 8.09. The number of rotatable bonds is 10. The van der Waals surface area contributed by atoms with E-state index in [4.69, 9.17) is 9.26 Å². The first-order valence-corrected chi connectivity index (χ1v) is 11.7. The van der Waals surface area contributed by atoms with Crippen molar-refractivity contribution in [2.24, 2.45) is 5.92 Å². The summed E-state index contributed by atoms with van der Waals surface area (Å²) in [6.07, 6.45) is 4.08. The molecule has 1 aromatic heterocycles. The highest BCUT2D eigenvalue weighted by atomic mass is 16.5. The smallest absolute Gasteiger partial charge is 0.226 e. The Morgan fingerprint density at radius 1 is 1.18 bits per heavy atom. The number of carbonyl (C=O) groups excluding carboxylic acids is 1. The summed E-state index contributed by atoms with van der Waals surface area (Å²) in [5.74, 6) is 2.48. The number of nitrogens with zero attached hydrogens (tertiary/aromatic N) is 3. The zero-order valence-electron chi connectivity index (χ0n) is 19.2. The van der Waals surface area contributed by atoms with Gasteiger partial charge < -0.3 is 14.6 Å². The lowest BCUT2D eigenvalue weighted by molar-refractivity contribution is -0.121. The Hall–Kier alpha value is -3.19. The van der Waals surface area contributed by atoms with Crippen LogP contribution in [-0.4, -0.2) is 47.7 Å². The quantitative estimate of drug-likeness (QED) is 0.503. The Labute approximate surface area is 195 Å². The standard InChI is InChI=1S/C26H32N4O3/c1-32-23-14-12-22(13-15-23)26-28-25(33-29-26)11-5-10-24(31)27-17-21-9-6-16-30(19-21)18-20-7-3-2-4-8-20/h2-4,7-8,12-15,21H,5-6,9-11,16-19H2,1H3,(H,27,31). The van der Waals surface area contributed by atoms with Crippen molar-refractivity contribution in [3.05, 3.63) is 66.1 Å². The molecule has 1 amide bonds. The number of nitrogens with one attached hydrogen (secondary N) is 1. The first-order chi connectivity index (χ1) is 16.2. The fourth-order valence-corrected chi connectivity index (χ4v) is 4.26. The van der Waals surface area contributed by atoms with E-state index in [9.17, 15) is 4.79 Å². The number of hydrogen-bond acceptors (Lipinski definition) is 6. The second kappa shape index (κ2) is 11.6. The normalized spacial score (nSPS) is 16.5. The van der Waals surface area contributed by atoms with E-state index >= 15 is 0 Å². The van der Waals surface area contributed by atoms with Crippen molar-refractivity contribution >= 4 is 5.91 Å². The molecule has 0 radical (unpaired) electrons. The fraction of sp³-hybridized carbons (Fsp3) is 0.423. The summed E-state index contributed by atoms with van der Waals surface area (Å²) in [7, 11) is 1.63. The van der Waals surface area contributed by atoms with Gasteiger partial charge in [-0.05, 0) is 61.6 Å². The molecule has 1 aliphatic heterocycles. The van der Waals surface area contributed by atoms with Crippen molar-refractivity contribution in [3.63, 3.8) is 0 Å². The highest BCUT2D eigenvalue weighted by Crippen LogP contribution is 2.20. The van der Waals surface area contributed by atoms with Crippen molar-refractivity contribution in [2.45, 2.75) is 38.6 Å². The lowest BCUT2D eigenvalue weighted by atomic mass is 9.97. The number of aryl methyl sites for hydroxylation is 1. The largest absolute Gasteiger partial charge is 0.497 e. The molecule has 7 heteroatoms. The van der Waals surface area contributed by atoms with Gasteiger partial charge in [-0.3, -0.25) is 9.69 Å². The van der Waals surface area contributed by atoms with Gasteiger partial charge in [0.05, 0.1) is 7.11 Å². The average molecular weight is 449 g/mol. The van der Waals surface area contributed by atoms with Crippen LogP contribution in [0.1, 0.15) is 37.1 Å². The van der Waals surface area contributed by atoms with Crippen LogP contribution in [0, 0.1) is 5.92 Å². The van der Waals surface area contributed by atoms with E-state index in [0.29, 0.717) is 36.9 Å². The Morgan fingerprint density at radius 2 is 2.00 bits per heavy atom. The molecule has 2 heterocycles. The molecule has 1 N–H and O–H groups in total. The molecule has 0 aliphatic carbocycles. The number of piperidine rings is 1. The van der Waals surface area contributed by atoms with Crippen LogP contribution in [0.4, 0.5) is 0 Å². The van der Waals surface area contributed by atoms with Crippen LogP contribution in [0.5, 0.6) is 5.75 Å². The van der Waals surface area contributed by atoms with Gasteiger partial charge in [-0.2, -0.15) is 4.98 Å². The molecule has 1 atom stereocenters. The van der Waals surface area contributed by atoms with Crippen LogP contribution < -0.4 is 10.1 Å². The molecule has 0 saturated carbocycles. The van der Waals surface area contributed by atoms with Gasteiger partial charge in [-0.25, -0.2) is 0 Å². The highest BCUT2D eigenvalue weighted by Gasteiger charge is 2.20. The summed E-state index contributed by atoms with van der Waals surface area (Å²) in [5, 5.41) is 7.16. The second-order valence-corrected chi connectivity index (χ2v) is 8.63. The molecule has 4 rings (SSSR count). The van der Waals surface area contributed by atoms with Crippen LogP contribution in [0.2, 0.25) is 0 Å². The molecule has 1 unspecified atom stereocenters. The van der Waals surface area contributed by atoms with Gasteiger partial charge in [0.25, 0.3) is 0 Å². The minimum atomic E-state index is 0.0880. The summed E-state index contributed by atoms with van der Waals surface area (Å²) in [6.45, 7) is 3.88.